The Morgan fingerprint density at radius 2 is 2.06 bits per heavy atom. The van der Waals surface area contributed by atoms with Crippen LogP contribution in [0.5, 0.6) is 5.75 Å². The van der Waals surface area contributed by atoms with Crippen molar-refractivity contribution in [3.63, 3.8) is 0 Å². The Balaban J connectivity index is 2.66. The molecule has 0 N–H and O–H groups in total. The molecule has 0 spiro atoms. The van der Waals surface area contributed by atoms with Crippen molar-refractivity contribution >= 4 is 5.78 Å². The van der Waals surface area contributed by atoms with Crippen LogP contribution in [0.1, 0.15) is 17.5 Å². The number of hydrogen-bond acceptors (Lipinski definition) is 3. The summed E-state index contributed by atoms with van der Waals surface area (Å²) < 4.78 is 5.26. The van der Waals surface area contributed by atoms with Gasteiger partial charge in [0.05, 0.1) is 7.11 Å². The van der Waals surface area contributed by atoms with Crippen molar-refractivity contribution in [3.8, 4) is 5.75 Å². The minimum absolute atomic E-state index is 0.252. The highest BCUT2D eigenvalue weighted by Crippen LogP contribution is 2.20. The number of carbonyl (C=O) groups excluding carboxylic acids is 1. The molecule has 0 saturated heterocycles. The first kappa shape index (κ1) is 13.7. The molecular weight excluding hydrogens is 214 g/mol. The van der Waals surface area contributed by atoms with Crippen LogP contribution >= 0.6 is 0 Å². The van der Waals surface area contributed by atoms with Gasteiger partial charge in [-0.25, -0.2) is 0 Å². The monoisotopic (exact) mass is 235 g/mol. The van der Waals surface area contributed by atoms with E-state index in [1.165, 1.54) is 0 Å². The molecule has 0 heterocycles. The summed E-state index contributed by atoms with van der Waals surface area (Å²) in [4.78, 5) is 13.8. The van der Waals surface area contributed by atoms with Crippen LogP contribution < -0.4 is 4.74 Å². The van der Waals surface area contributed by atoms with Crippen molar-refractivity contribution in [3.05, 3.63) is 29.3 Å². The molecule has 0 amide bonds. The molecule has 0 radical (unpaired) electrons. The zero-order chi connectivity index (χ0) is 12.8. The van der Waals surface area contributed by atoms with E-state index in [-0.39, 0.29) is 5.78 Å². The molecule has 0 unspecified atom stereocenters. The van der Waals surface area contributed by atoms with Crippen LogP contribution in [0.4, 0.5) is 0 Å². The molecule has 1 rings (SSSR count). The lowest BCUT2D eigenvalue weighted by Crippen LogP contribution is -2.17. The highest BCUT2D eigenvalue weighted by Gasteiger charge is 2.09. The standard InChI is InChI=1S/C14H21NO2/c1-11-5-6-14(17-4)12(9-11)10-13(16)7-8-15(2)3/h5-6,9H,7-8,10H2,1-4H3. The zero-order valence-corrected chi connectivity index (χ0v) is 11.1. The fraction of sp³-hybridized carbons (Fsp3) is 0.500. The quantitative estimate of drug-likeness (QED) is 0.756. The lowest BCUT2D eigenvalue weighted by atomic mass is 10.0. The van der Waals surface area contributed by atoms with E-state index in [2.05, 4.69) is 0 Å². The molecule has 3 heteroatoms. The van der Waals surface area contributed by atoms with Crippen LogP contribution in [0.2, 0.25) is 0 Å². The van der Waals surface area contributed by atoms with Gasteiger partial charge in [-0.1, -0.05) is 17.7 Å². The van der Waals surface area contributed by atoms with Crippen LogP contribution in [-0.4, -0.2) is 38.4 Å². The Morgan fingerprint density at radius 3 is 2.65 bits per heavy atom. The number of rotatable bonds is 6. The fourth-order valence-corrected chi connectivity index (χ4v) is 1.69. The average Bonchev–Trinajstić information content (AvgIpc) is 2.27. The van der Waals surface area contributed by atoms with Gasteiger partial charge in [-0.15, -0.1) is 0 Å². The molecule has 0 bridgehead atoms. The number of hydrogen-bond donors (Lipinski definition) is 0. The van der Waals surface area contributed by atoms with Crippen LogP contribution in [0, 0.1) is 6.92 Å². The van der Waals surface area contributed by atoms with Gasteiger partial charge in [-0.2, -0.15) is 0 Å². The van der Waals surface area contributed by atoms with E-state index < -0.39 is 0 Å². The first-order chi connectivity index (χ1) is 8.02. The predicted octanol–water partition coefficient (Wildman–Crippen LogP) is 2.07. The van der Waals surface area contributed by atoms with E-state index in [1.807, 2.05) is 44.1 Å². The third kappa shape index (κ3) is 4.57. The maximum atomic E-state index is 11.8. The molecule has 94 valence electrons. The van der Waals surface area contributed by atoms with Gasteiger partial charge >= 0.3 is 0 Å². The van der Waals surface area contributed by atoms with Gasteiger partial charge in [-0.3, -0.25) is 4.79 Å². The summed E-state index contributed by atoms with van der Waals surface area (Å²) in [6.45, 7) is 2.82. The molecule has 0 aromatic heterocycles. The summed E-state index contributed by atoms with van der Waals surface area (Å²) in [6.07, 6.45) is 1.04. The molecule has 1 aromatic rings. The largest absolute Gasteiger partial charge is 0.496 e. The molecule has 0 aliphatic heterocycles. The van der Waals surface area contributed by atoms with Gasteiger partial charge in [0.15, 0.2) is 0 Å². The van der Waals surface area contributed by atoms with E-state index in [4.69, 9.17) is 4.74 Å². The second-order valence-corrected chi connectivity index (χ2v) is 4.58. The Kier molecular flexibility index (Phi) is 5.16. The number of ether oxygens (including phenoxy) is 1. The van der Waals surface area contributed by atoms with Crippen LogP contribution in [-0.2, 0) is 11.2 Å². The third-order valence-electron chi connectivity index (χ3n) is 2.66. The first-order valence-corrected chi connectivity index (χ1v) is 5.83. The molecule has 0 atom stereocenters. The average molecular weight is 235 g/mol. The molecule has 0 aliphatic rings. The van der Waals surface area contributed by atoms with Crippen LogP contribution in [0.3, 0.4) is 0 Å². The Bertz CT molecular complexity index is 386. The minimum atomic E-state index is 0.252. The summed E-state index contributed by atoms with van der Waals surface area (Å²) in [5.41, 5.74) is 2.14. The first-order valence-electron chi connectivity index (χ1n) is 5.83. The van der Waals surface area contributed by atoms with Crippen molar-refractivity contribution in [2.75, 3.05) is 27.7 Å². The summed E-state index contributed by atoms with van der Waals surface area (Å²) >= 11 is 0. The normalized spacial score (nSPS) is 10.6. The lowest BCUT2D eigenvalue weighted by Gasteiger charge is -2.11. The Hall–Kier alpha value is -1.35. The van der Waals surface area contributed by atoms with Gasteiger partial charge < -0.3 is 9.64 Å². The summed E-state index contributed by atoms with van der Waals surface area (Å²) in [7, 11) is 5.58. The molecule has 3 nitrogen and oxygen atoms in total. The van der Waals surface area contributed by atoms with Gasteiger partial charge in [0.1, 0.15) is 11.5 Å². The van der Waals surface area contributed by atoms with Crippen molar-refractivity contribution < 1.29 is 9.53 Å². The van der Waals surface area contributed by atoms with Crippen molar-refractivity contribution in [1.82, 2.24) is 4.90 Å². The number of carbonyl (C=O) groups is 1. The number of nitrogens with zero attached hydrogens (tertiary/aromatic N) is 1. The predicted molar refractivity (Wildman–Crippen MR) is 69.6 cm³/mol. The number of benzene rings is 1. The van der Waals surface area contributed by atoms with Gasteiger partial charge in [0.25, 0.3) is 0 Å². The maximum absolute atomic E-state index is 11.8. The van der Waals surface area contributed by atoms with Gasteiger partial charge in [-0.05, 0) is 27.1 Å². The van der Waals surface area contributed by atoms with E-state index in [0.29, 0.717) is 12.8 Å². The molecule has 0 aliphatic carbocycles. The third-order valence-corrected chi connectivity index (χ3v) is 2.66. The van der Waals surface area contributed by atoms with E-state index in [0.717, 1.165) is 23.4 Å². The summed E-state index contributed by atoms with van der Waals surface area (Å²) in [6, 6.07) is 5.93. The highest BCUT2D eigenvalue weighted by molar-refractivity contribution is 5.81. The van der Waals surface area contributed by atoms with Gasteiger partial charge in [0.2, 0.25) is 0 Å². The molecular formula is C14H21NO2. The second kappa shape index (κ2) is 6.40. The fourth-order valence-electron chi connectivity index (χ4n) is 1.69. The molecule has 0 saturated carbocycles. The highest BCUT2D eigenvalue weighted by atomic mass is 16.5. The summed E-state index contributed by atoms with van der Waals surface area (Å²) in [5, 5.41) is 0. The smallest absolute Gasteiger partial charge is 0.138 e. The molecule has 1 aromatic carbocycles. The van der Waals surface area contributed by atoms with Crippen LogP contribution in [0.25, 0.3) is 0 Å². The SMILES string of the molecule is COc1ccc(C)cc1CC(=O)CCN(C)C. The van der Waals surface area contributed by atoms with Crippen molar-refractivity contribution in [2.24, 2.45) is 0 Å². The number of methoxy groups -OCH3 is 1. The maximum Gasteiger partial charge on any atom is 0.138 e. The summed E-state index contributed by atoms with van der Waals surface area (Å²) in [5.74, 6) is 1.05. The number of Topliss-reactive ketones (excluding diaryl/α,β-unsaturated/α-hetero) is 1. The molecule has 17 heavy (non-hydrogen) atoms. The Morgan fingerprint density at radius 1 is 1.35 bits per heavy atom. The van der Waals surface area contributed by atoms with Crippen molar-refractivity contribution in [2.45, 2.75) is 19.8 Å². The lowest BCUT2D eigenvalue weighted by molar-refractivity contribution is -0.118. The van der Waals surface area contributed by atoms with Gasteiger partial charge in [0, 0.05) is 24.9 Å². The number of ketones is 1. The van der Waals surface area contributed by atoms with Crippen LogP contribution in [0.15, 0.2) is 18.2 Å². The number of aryl methyl sites for hydroxylation is 1. The second-order valence-electron chi connectivity index (χ2n) is 4.58. The molecule has 0 fully saturated rings. The van der Waals surface area contributed by atoms with Crippen molar-refractivity contribution in [1.29, 1.82) is 0 Å². The zero-order valence-electron chi connectivity index (χ0n) is 11.1. The van der Waals surface area contributed by atoms with E-state index in [1.54, 1.807) is 7.11 Å². The Labute approximate surface area is 103 Å². The minimum Gasteiger partial charge on any atom is -0.496 e. The van der Waals surface area contributed by atoms with E-state index >= 15 is 0 Å². The van der Waals surface area contributed by atoms with E-state index in [9.17, 15) is 4.79 Å². The topological polar surface area (TPSA) is 29.5 Å².